The van der Waals surface area contributed by atoms with Gasteiger partial charge in [0.15, 0.2) is 0 Å². The Morgan fingerprint density at radius 3 is 2.84 bits per heavy atom. The SMILES string of the molecule is CCC(=O)[C@H](CNC1CCOCC1)c1ccc(Br)s1. The molecule has 19 heavy (non-hydrogen) atoms. The van der Waals surface area contributed by atoms with Crippen LogP contribution in [0.3, 0.4) is 0 Å². The molecule has 2 heterocycles. The molecule has 1 fully saturated rings. The average Bonchev–Trinajstić information content (AvgIpc) is 2.86. The smallest absolute Gasteiger partial charge is 0.142 e. The van der Waals surface area contributed by atoms with Gasteiger partial charge in [0.1, 0.15) is 5.78 Å². The fraction of sp³-hybridized carbons (Fsp3) is 0.643. The predicted molar refractivity (Wildman–Crippen MR) is 81.9 cm³/mol. The lowest BCUT2D eigenvalue weighted by Crippen LogP contribution is -2.38. The summed E-state index contributed by atoms with van der Waals surface area (Å²) in [7, 11) is 0. The van der Waals surface area contributed by atoms with Crippen LogP contribution in [0.5, 0.6) is 0 Å². The number of halogens is 1. The largest absolute Gasteiger partial charge is 0.381 e. The van der Waals surface area contributed by atoms with Gasteiger partial charge >= 0.3 is 0 Å². The summed E-state index contributed by atoms with van der Waals surface area (Å²) in [5.74, 6) is 0.304. The Kier molecular flexibility index (Phi) is 6.01. The van der Waals surface area contributed by atoms with E-state index in [2.05, 4.69) is 27.3 Å². The molecule has 1 aliphatic rings. The van der Waals surface area contributed by atoms with Crippen molar-refractivity contribution in [3.05, 3.63) is 20.8 Å². The summed E-state index contributed by atoms with van der Waals surface area (Å²) in [6.07, 6.45) is 2.68. The molecule has 1 aromatic rings. The molecule has 0 unspecified atom stereocenters. The van der Waals surface area contributed by atoms with E-state index in [-0.39, 0.29) is 5.92 Å². The van der Waals surface area contributed by atoms with Crippen LogP contribution in [0.2, 0.25) is 0 Å². The number of Topliss-reactive ketones (excluding diaryl/α,β-unsaturated/α-hetero) is 1. The van der Waals surface area contributed by atoms with Gasteiger partial charge in [-0.15, -0.1) is 11.3 Å². The number of ketones is 1. The van der Waals surface area contributed by atoms with Gasteiger partial charge in [-0.25, -0.2) is 0 Å². The number of carbonyl (C=O) groups is 1. The summed E-state index contributed by atoms with van der Waals surface area (Å²) < 4.78 is 6.44. The van der Waals surface area contributed by atoms with E-state index in [1.165, 1.54) is 0 Å². The molecule has 1 atom stereocenters. The van der Waals surface area contributed by atoms with Crippen LogP contribution in [0, 0.1) is 0 Å². The molecule has 1 aliphatic heterocycles. The first-order chi connectivity index (χ1) is 9.20. The van der Waals surface area contributed by atoms with Crippen molar-refractivity contribution >= 4 is 33.0 Å². The molecule has 2 rings (SSSR count). The molecule has 0 amide bonds. The van der Waals surface area contributed by atoms with Crippen molar-refractivity contribution in [2.45, 2.75) is 38.1 Å². The second-order valence-electron chi connectivity index (χ2n) is 4.81. The van der Waals surface area contributed by atoms with E-state index in [4.69, 9.17) is 4.74 Å². The van der Waals surface area contributed by atoms with E-state index in [1.807, 2.05) is 13.0 Å². The second kappa shape index (κ2) is 7.53. The number of hydrogen-bond acceptors (Lipinski definition) is 4. The van der Waals surface area contributed by atoms with E-state index in [1.54, 1.807) is 11.3 Å². The summed E-state index contributed by atoms with van der Waals surface area (Å²) in [6.45, 7) is 4.33. The van der Waals surface area contributed by atoms with Gasteiger partial charge in [-0.3, -0.25) is 4.79 Å². The standard InChI is InChI=1S/C14H20BrNO2S/c1-2-12(17)11(13-3-4-14(15)19-13)9-16-10-5-7-18-8-6-10/h3-4,10-11,16H,2,5-9H2,1H3/t11-/m0/s1. The van der Waals surface area contributed by atoms with Crippen LogP contribution in [0.25, 0.3) is 0 Å². The lowest BCUT2D eigenvalue weighted by Gasteiger charge is -2.25. The van der Waals surface area contributed by atoms with Crippen molar-refractivity contribution in [1.29, 1.82) is 0 Å². The molecule has 5 heteroatoms. The molecule has 106 valence electrons. The van der Waals surface area contributed by atoms with Crippen LogP contribution >= 0.6 is 27.3 Å². The number of carbonyl (C=O) groups excluding carboxylic acids is 1. The zero-order chi connectivity index (χ0) is 13.7. The second-order valence-corrected chi connectivity index (χ2v) is 7.30. The molecule has 3 nitrogen and oxygen atoms in total. The molecular weight excluding hydrogens is 326 g/mol. The average molecular weight is 346 g/mol. The van der Waals surface area contributed by atoms with Crippen LogP contribution < -0.4 is 5.32 Å². The van der Waals surface area contributed by atoms with Crippen LogP contribution in [-0.4, -0.2) is 31.6 Å². The number of rotatable bonds is 6. The number of nitrogens with one attached hydrogen (secondary N) is 1. The third kappa shape index (κ3) is 4.38. The minimum absolute atomic E-state index is 0.0101. The van der Waals surface area contributed by atoms with Crippen molar-refractivity contribution in [3.8, 4) is 0 Å². The zero-order valence-corrected chi connectivity index (χ0v) is 13.6. The Morgan fingerprint density at radius 2 is 2.26 bits per heavy atom. The number of ether oxygens (including phenoxy) is 1. The van der Waals surface area contributed by atoms with Gasteiger partial charge in [0, 0.05) is 37.1 Å². The van der Waals surface area contributed by atoms with Crippen LogP contribution in [-0.2, 0) is 9.53 Å². The van der Waals surface area contributed by atoms with Gasteiger partial charge in [0.2, 0.25) is 0 Å². The molecule has 0 radical (unpaired) electrons. The van der Waals surface area contributed by atoms with Gasteiger partial charge in [-0.1, -0.05) is 6.92 Å². The van der Waals surface area contributed by atoms with Crippen molar-refractivity contribution in [1.82, 2.24) is 5.32 Å². The Labute approximate surface area is 126 Å². The number of thiophene rings is 1. The van der Waals surface area contributed by atoms with E-state index < -0.39 is 0 Å². The maximum atomic E-state index is 12.1. The quantitative estimate of drug-likeness (QED) is 0.859. The van der Waals surface area contributed by atoms with E-state index >= 15 is 0 Å². The van der Waals surface area contributed by atoms with Crippen molar-refractivity contribution in [2.24, 2.45) is 0 Å². The molecule has 0 bridgehead atoms. The molecule has 0 aliphatic carbocycles. The maximum absolute atomic E-state index is 12.1. The van der Waals surface area contributed by atoms with Gasteiger partial charge in [-0.2, -0.15) is 0 Å². The minimum Gasteiger partial charge on any atom is -0.381 e. The normalized spacial score (nSPS) is 18.4. The monoisotopic (exact) mass is 345 g/mol. The Hall–Kier alpha value is -0.230. The van der Waals surface area contributed by atoms with Crippen molar-refractivity contribution in [2.75, 3.05) is 19.8 Å². The highest BCUT2D eigenvalue weighted by Gasteiger charge is 2.22. The van der Waals surface area contributed by atoms with Crippen LogP contribution in [0.1, 0.15) is 37.0 Å². The highest BCUT2D eigenvalue weighted by atomic mass is 79.9. The van der Waals surface area contributed by atoms with Crippen LogP contribution in [0.15, 0.2) is 15.9 Å². The topological polar surface area (TPSA) is 38.3 Å². The molecule has 0 saturated carbocycles. The van der Waals surface area contributed by atoms with Gasteiger partial charge in [-0.05, 0) is 40.9 Å². The van der Waals surface area contributed by atoms with Crippen LogP contribution in [0.4, 0.5) is 0 Å². The highest BCUT2D eigenvalue weighted by molar-refractivity contribution is 9.11. The maximum Gasteiger partial charge on any atom is 0.142 e. The third-order valence-electron chi connectivity index (χ3n) is 3.51. The fourth-order valence-corrected chi connectivity index (χ4v) is 3.87. The summed E-state index contributed by atoms with van der Waals surface area (Å²) in [5.41, 5.74) is 0. The summed E-state index contributed by atoms with van der Waals surface area (Å²) in [6, 6.07) is 4.56. The van der Waals surface area contributed by atoms with Gasteiger partial charge in [0.25, 0.3) is 0 Å². The van der Waals surface area contributed by atoms with E-state index in [9.17, 15) is 4.79 Å². The highest BCUT2D eigenvalue weighted by Crippen LogP contribution is 2.29. The predicted octanol–water partition coefficient (Wildman–Crippen LogP) is 3.34. The molecule has 0 spiro atoms. The lowest BCUT2D eigenvalue weighted by atomic mass is 9.99. The Balaban J connectivity index is 1.96. The molecular formula is C14H20BrNO2S. The molecule has 1 saturated heterocycles. The fourth-order valence-electron chi connectivity index (χ4n) is 2.32. The first-order valence-electron chi connectivity index (χ1n) is 6.79. The minimum atomic E-state index is -0.0101. The summed E-state index contributed by atoms with van der Waals surface area (Å²) in [5, 5.41) is 3.54. The van der Waals surface area contributed by atoms with E-state index in [0.29, 0.717) is 18.2 Å². The molecule has 1 N–H and O–H groups in total. The number of hydrogen-bond donors (Lipinski definition) is 1. The van der Waals surface area contributed by atoms with Crippen molar-refractivity contribution in [3.63, 3.8) is 0 Å². The summed E-state index contributed by atoms with van der Waals surface area (Å²) >= 11 is 5.13. The van der Waals surface area contributed by atoms with Gasteiger partial charge in [0.05, 0.1) is 9.70 Å². The molecule has 1 aromatic heterocycles. The Morgan fingerprint density at radius 1 is 1.53 bits per heavy atom. The third-order valence-corrected chi connectivity index (χ3v) is 5.24. The first-order valence-corrected chi connectivity index (χ1v) is 8.40. The van der Waals surface area contributed by atoms with Crippen molar-refractivity contribution < 1.29 is 9.53 Å². The van der Waals surface area contributed by atoms with Gasteiger partial charge < -0.3 is 10.1 Å². The zero-order valence-electron chi connectivity index (χ0n) is 11.2. The van der Waals surface area contributed by atoms with E-state index in [0.717, 1.165) is 41.3 Å². The molecule has 0 aromatic carbocycles. The first kappa shape index (κ1) is 15.2. The summed E-state index contributed by atoms with van der Waals surface area (Å²) in [4.78, 5) is 13.3. The lowest BCUT2D eigenvalue weighted by molar-refractivity contribution is -0.120. The Bertz CT molecular complexity index is 415.